The van der Waals surface area contributed by atoms with Gasteiger partial charge in [0.15, 0.2) is 5.96 Å². The number of nitrogens with two attached hydrogens (primary N) is 3. The first-order valence-electron chi connectivity index (χ1n) is 10.8. The molecule has 0 heterocycles. The lowest BCUT2D eigenvalue weighted by Gasteiger charge is -2.22. The number of guanidine groups is 1. The summed E-state index contributed by atoms with van der Waals surface area (Å²) in [7, 11) is 0. The number of carbonyl (C=O) groups excluding carboxylic acids is 2. The summed E-state index contributed by atoms with van der Waals surface area (Å²) in [4.78, 5) is 42.7. The third-order valence-corrected chi connectivity index (χ3v) is 5.50. The second-order valence-electron chi connectivity index (χ2n) is 7.86. The largest absolute Gasteiger partial charge is 0.480 e. The molecule has 2 aromatic carbocycles. The van der Waals surface area contributed by atoms with Crippen molar-refractivity contribution in [1.82, 2.24) is 10.6 Å². The van der Waals surface area contributed by atoms with Crippen LogP contribution in [0.25, 0.3) is 0 Å². The summed E-state index contributed by atoms with van der Waals surface area (Å²) in [6.45, 7) is 0.423. The topological polar surface area (TPSA) is 186 Å². The fraction of sp³-hybridized carbons (Fsp3) is 0.304. The summed E-state index contributed by atoms with van der Waals surface area (Å²) in [5.41, 5.74) is 17.8. The number of unbranched alkanes of at least 4 members (excludes halogenated alkanes) is 1. The Hall–Kier alpha value is -3.22. The summed E-state index contributed by atoms with van der Waals surface area (Å²) >= 11 is 8.52. The number of amides is 2. The number of hydrogen-bond acceptors (Lipinski definition) is 7. The van der Waals surface area contributed by atoms with Gasteiger partial charge in [0.25, 0.3) is 5.91 Å². The molecule has 0 unspecified atom stereocenters. The van der Waals surface area contributed by atoms with Crippen LogP contribution >= 0.6 is 25.3 Å². The molecule has 9 N–H and O–H groups in total. The van der Waals surface area contributed by atoms with Gasteiger partial charge in [-0.1, -0.05) is 12.1 Å². The van der Waals surface area contributed by atoms with Gasteiger partial charge in [-0.3, -0.25) is 9.59 Å². The Balaban J connectivity index is 2.26. The van der Waals surface area contributed by atoms with Gasteiger partial charge < -0.3 is 32.9 Å². The van der Waals surface area contributed by atoms with Crippen LogP contribution in [-0.2, 0) is 16.0 Å². The van der Waals surface area contributed by atoms with E-state index in [2.05, 4.69) is 40.9 Å². The molecule has 0 saturated heterocycles. The van der Waals surface area contributed by atoms with Gasteiger partial charge in [-0.05, 0) is 61.7 Å². The van der Waals surface area contributed by atoms with E-state index in [0.717, 1.165) is 0 Å². The molecule has 0 bridgehead atoms. The number of benzene rings is 2. The molecule has 0 spiro atoms. The number of carboxylic acids is 1. The van der Waals surface area contributed by atoms with E-state index < -0.39 is 29.9 Å². The predicted molar refractivity (Wildman–Crippen MR) is 140 cm³/mol. The SMILES string of the molecule is NCCCC[C@H](NC(=O)[C@H](Cc1ccc(N=C(N)N)cc1)NC(=O)c1cc(S)cc(S)c1)C(=O)O. The summed E-state index contributed by atoms with van der Waals surface area (Å²) in [5, 5.41) is 14.8. The molecule has 2 aromatic rings. The Morgan fingerprint density at radius 1 is 0.943 bits per heavy atom. The lowest BCUT2D eigenvalue weighted by Crippen LogP contribution is -2.52. The number of rotatable bonds is 12. The van der Waals surface area contributed by atoms with Gasteiger partial charge in [0.05, 0.1) is 5.69 Å². The number of aliphatic imine (C=N–C) groups is 1. The summed E-state index contributed by atoms with van der Waals surface area (Å²) in [5.74, 6) is -2.40. The van der Waals surface area contributed by atoms with Crippen molar-refractivity contribution < 1.29 is 19.5 Å². The second kappa shape index (κ2) is 13.6. The number of thiol groups is 2. The fourth-order valence-electron chi connectivity index (χ4n) is 3.29. The van der Waals surface area contributed by atoms with Crippen molar-refractivity contribution in [3.05, 3.63) is 53.6 Å². The molecule has 2 atom stereocenters. The monoisotopic (exact) mass is 518 g/mol. The van der Waals surface area contributed by atoms with E-state index in [0.29, 0.717) is 40.4 Å². The minimum atomic E-state index is -1.16. The smallest absolute Gasteiger partial charge is 0.326 e. The van der Waals surface area contributed by atoms with Gasteiger partial charge in [-0.15, -0.1) is 25.3 Å². The molecule has 0 aliphatic heterocycles. The highest BCUT2D eigenvalue weighted by atomic mass is 32.1. The average molecular weight is 519 g/mol. The standard InChI is InChI=1S/C23H30N6O4S2/c24-8-2-1-3-18(22(32)33)28-21(31)19(9-13-4-6-15(7-5-13)27-23(25)26)29-20(30)14-10-16(34)12-17(35)11-14/h4-7,10-12,18-19,34-35H,1-3,8-9,24H2,(H,28,31)(H,29,30)(H,32,33)(H4,25,26,27)/t18-,19-/m0/s1. The zero-order valence-corrected chi connectivity index (χ0v) is 20.8. The van der Waals surface area contributed by atoms with Crippen LogP contribution in [0.15, 0.2) is 57.2 Å². The highest BCUT2D eigenvalue weighted by Crippen LogP contribution is 2.18. The molecular weight excluding hydrogens is 488 g/mol. The van der Waals surface area contributed by atoms with E-state index in [-0.39, 0.29) is 24.4 Å². The van der Waals surface area contributed by atoms with Gasteiger partial charge in [-0.2, -0.15) is 0 Å². The number of carboxylic acid groups (broad SMARTS) is 1. The van der Waals surface area contributed by atoms with Crippen LogP contribution in [-0.4, -0.2) is 47.5 Å². The highest BCUT2D eigenvalue weighted by Gasteiger charge is 2.27. The third-order valence-electron chi connectivity index (χ3n) is 4.98. The third kappa shape index (κ3) is 9.51. The lowest BCUT2D eigenvalue weighted by molar-refractivity contribution is -0.142. The van der Waals surface area contributed by atoms with Crippen LogP contribution < -0.4 is 27.8 Å². The van der Waals surface area contributed by atoms with Gasteiger partial charge in [0.1, 0.15) is 12.1 Å². The minimum absolute atomic E-state index is 0.0911. The summed E-state index contributed by atoms with van der Waals surface area (Å²) < 4.78 is 0. The van der Waals surface area contributed by atoms with Crippen molar-refractivity contribution in [1.29, 1.82) is 0 Å². The maximum Gasteiger partial charge on any atom is 0.326 e. The van der Waals surface area contributed by atoms with Crippen LogP contribution in [0.5, 0.6) is 0 Å². The van der Waals surface area contributed by atoms with Crippen molar-refractivity contribution in [3.63, 3.8) is 0 Å². The number of aliphatic carboxylic acids is 1. The molecule has 2 amide bonds. The molecule has 188 valence electrons. The summed E-state index contributed by atoms with van der Waals surface area (Å²) in [6, 6.07) is 9.35. The first-order valence-corrected chi connectivity index (χ1v) is 11.7. The normalized spacial score (nSPS) is 12.3. The molecule has 2 rings (SSSR count). The van der Waals surface area contributed by atoms with E-state index in [4.69, 9.17) is 17.2 Å². The van der Waals surface area contributed by atoms with Crippen LogP contribution in [0.4, 0.5) is 5.69 Å². The highest BCUT2D eigenvalue weighted by molar-refractivity contribution is 7.81. The quantitative estimate of drug-likeness (QED) is 0.0897. The first kappa shape index (κ1) is 28.0. The van der Waals surface area contributed by atoms with Crippen LogP contribution in [0, 0.1) is 0 Å². The number of carbonyl (C=O) groups is 3. The van der Waals surface area contributed by atoms with Crippen molar-refractivity contribution in [2.45, 2.75) is 47.6 Å². The van der Waals surface area contributed by atoms with Crippen molar-refractivity contribution in [3.8, 4) is 0 Å². The zero-order valence-electron chi connectivity index (χ0n) is 19.0. The number of hydrogen-bond donors (Lipinski definition) is 8. The van der Waals surface area contributed by atoms with Gasteiger partial charge in [-0.25, -0.2) is 9.79 Å². The van der Waals surface area contributed by atoms with E-state index in [1.165, 1.54) is 0 Å². The van der Waals surface area contributed by atoms with E-state index in [1.807, 2.05) is 0 Å². The van der Waals surface area contributed by atoms with Crippen molar-refractivity contribution in [2.24, 2.45) is 22.2 Å². The molecule has 0 saturated carbocycles. The molecule has 0 aliphatic rings. The summed E-state index contributed by atoms with van der Waals surface area (Å²) in [6.07, 6.45) is 1.49. The molecule has 10 nitrogen and oxygen atoms in total. The lowest BCUT2D eigenvalue weighted by atomic mass is 10.0. The van der Waals surface area contributed by atoms with E-state index >= 15 is 0 Å². The Bertz CT molecular complexity index is 1050. The molecule has 0 aliphatic carbocycles. The van der Waals surface area contributed by atoms with Gasteiger partial charge >= 0.3 is 5.97 Å². The van der Waals surface area contributed by atoms with Crippen LogP contribution in [0.3, 0.4) is 0 Å². The average Bonchev–Trinajstić information content (AvgIpc) is 2.78. The number of nitrogens with zero attached hydrogens (tertiary/aromatic N) is 1. The van der Waals surface area contributed by atoms with E-state index in [1.54, 1.807) is 42.5 Å². The van der Waals surface area contributed by atoms with Gasteiger partial charge in [0, 0.05) is 21.8 Å². The van der Waals surface area contributed by atoms with Crippen LogP contribution in [0.1, 0.15) is 35.2 Å². The Morgan fingerprint density at radius 3 is 2.11 bits per heavy atom. The Kier molecular flexibility index (Phi) is 10.9. The van der Waals surface area contributed by atoms with Crippen molar-refractivity contribution >= 4 is 54.7 Å². The molecule has 0 fully saturated rings. The second-order valence-corrected chi connectivity index (χ2v) is 8.89. The molecule has 0 radical (unpaired) electrons. The van der Waals surface area contributed by atoms with E-state index in [9.17, 15) is 19.5 Å². The molecule has 0 aromatic heterocycles. The minimum Gasteiger partial charge on any atom is -0.480 e. The predicted octanol–water partition coefficient (Wildman–Crippen LogP) is 1.21. The maximum absolute atomic E-state index is 13.1. The fourth-order valence-corrected chi connectivity index (χ4v) is 3.95. The molecule has 12 heteroatoms. The zero-order chi connectivity index (χ0) is 26.0. The molecular formula is C23H30N6O4S2. The van der Waals surface area contributed by atoms with Crippen molar-refractivity contribution in [2.75, 3.05) is 6.54 Å². The Morgan fingerprint density at radius 2 is 1.57 bits per heavy atom. The first-order chi connectivity index (χ1) is 16.6. The van der Waals surface area contributed by atoms with Gasteiger partial charge in [0.2, 0.25) is 5.91 Å². The molecule has 35 heavy (non-hydrogen) atoms. The Labute approximate surface area is 214 Å². The number of nitrogens with one attached hydrogen (secondary N) is 2. The van der Waals surface area contributed by atoms with Crippen LogP contribution in [0.2, 0.25) is 0 Å². The maximum atomic E-state index is 13.1.